The van der Waals surface area contributed by atoms with Gasteiger partial charge in [0.25, 0.3) is 5.91 Å². The molecule has 1 fully saturated rings. The Morgan fingerprint density at radius 1 is 1.03 bits per heavy atom. The molecule has 3 rings (SSSR count). The predicted octanol–water partition coefficient (Wildman–Crippen LogP) is 7.56. The Morgan fingerprint density at radius 2 is 1.70 bits per heavy atom. The third-order valence-corrected chi connectivity index (χ3v) is 7.02. The topological polar surface area (TPSA) is 63.1 Å². The number of amides is 2. The van der Waals surface area contributed by atoms with E-state index in [1.807, 2.05) is 38.1 Å². The Hall–Kier alpha value is -2.27. The standard InChI is InChI=1S/C23H33ClN2O.C6H11NO.C2H6/c1-5-8-9-11-19-21(10-6-2)26(4)20(7-3)22(19)23(27)25-16-17-12-14-18(24)15-13-17;1-2-5-3-4-6(8)7-5;1-2/h12-15H,5-11,16H2,1-4H3,(H,25,27);5H,2-4H2,1H3,(H,7,8);1-2H3. The van der Waals surface area contributed by atoms with Crippen LogP contribution in [0.25, 0.3) is 0 Å². The molecule has 2 N–H and O–H groups in total. The fourth-order valence-corrected chi connectivity index (χ4v) is 4.89. The lowest BCUT2D eigenvalue weighted by Gasteiger charge is -2.10. The number of carbonyl (C=O) groups is 2. The first kappa shape index (κ1) is 32.8. The highest BCUT2D eigenvalue weighted by molar-refractivity contribution is 6.30. The molecule has 1 saturated heterocycles. The summed E-state index contributed by atoms with van der Waals surface area (Å²) >= 11 is 5.95. The van der Waals surface area contributed by atoms with E-state index in [9.17, 15) is 9.59 Å². The van der Waals surface area contributed by atoms with Crippen LogP contribution in [0.3, 0.4) is 0 Å². The summed E-state index contributed by atoms with van der Waals surface area (Å²) in [5.74, 6) is 0.267. The molecule has 5 nitrogen and oxygen atoms in total. The molecule has 0 bridgehead atoms. The maximum absolute atomic E-state index is 13.1. The summed E-state index contributed by atoms with van der Waals surface area (Å²) in [5.41, 5.74) is 5.72. The fourth-order valence-electron chi connectivity index (χ4n) is 4.77. The van der Waals surface area contributed by atoms with Gasteiger partial charge in [0.2, 0.25) is 5.91 Å². The number of nitrogens with zero attached hydrogens (tertiary/aromatic N) is 1. The highest BCUT2D eigenvalue weighted by Crippen LogP contribution is 2.27. The van der Waals surface area contributed by atoms with E-state index in [2.05, 4.69) is 49.9 Å². The molecule has 1 aromatic carbocycles. The van der Waals surface area contributed by atoms with E-state index in [-0.39, 0.29) is 11.8 Å². The van der Waals surface area contributed by atoms with Crippen molar-refractivity contribution in [1.82, 2.24) is 15.2 Å². The summed E-state index contributed by atoms with van der Waals surface area (Å²) in [6.07, 6.45) is 10.3. The van der Waals surface area contributed by atoms with Crippen LogP contribution in [0.4, 0.5) is 0 Å². The van der Waals surface area contributed by atoms with E-state index >= 15 is 0 Å². The summed E-state index contributed by atoms with van der Waals surface area (Å²) in [4.78, 5) is 23.6. The lowest BCUT2D eigenvalue weighted by molar-refractivity contribution is -0.119. The normalized spacial score (nSPS) is 14.3. The minimum atomic E-state index is 0.0475. The number of rotatable bonds is 11. The second-order valence-corrected chi connectivity index (χ2v) is 9.82. The molecule has 1 aliphatic rings. The van der Waals surface area contributed by atoms with E-state index in [1.54, 1.807) is 0 Å². The van der Waals surface area contributed by atoms with Gasteiger partial charge in [0, 0.05) is 42.5 Å². The van der Waals surface area contributed by atoms with E-state index in [0.29, 0.717) is 17.6 Å². The number of nitrogens with one attached hydrogen (secondary N) is 2. The number of aromatic nitrogens is 1. The zero-order valence-corrected chi connectivity index (χ0v) is 25.1. The Bertz CT molecular complexity index is 950. The van der Waals surface area contributed by atoms with Crippen LogP contribution in [0.1, 0.15) is 119 Å². The lowest BCUT2D eigenvalue weighted by Crippen LogP contribution is -2.24. The van der Waals surface area contributed by atoms with Crippen molar-refractivity contribution in [3.8, 4) is 0 Å². The zero-order chi connectivity index (χ0) is 27.8. The molecule has 6 heteroatoms. The van der Waals surface area contributed by atoms with Gasteiger partial charge < -0.3 is 15.2 Å². The molecular weight excluding hydrogens is 482 g/mol. The number of benzene rings is 1. The van der Waals surface area contributed by atoms with E-state index in [4.69, 9.17) is 11.6 Å². The second-order valence-electron chi connectivity index (χ2n) is 9.39. The van der Waals surface area contributed by atoms with Crippen LogP contribution in [0.5, 0.6) is 0 Å². The van der Waals surface area contributed by atoms with E-state index in [0.717, 1.165) is 68.2 Å². The second kappa shape index (κ2) is 18.1. The maximum atomic E-state index is 13.1. The van der Waals surface area contributed by atoms with Gasteiger partial charge in [0.15, 0.2) is 0 Å². The molecule has 1 aromatic heterocycles. The van der Waals surface area contributed by atoms with Crippen LogP contribution in [-0.4, -0.2) is 22.4 Å². The minimum Gasteiger partial charge on any atom is -0.353 e. The molecule has 0 radical (unpaired) electrons. The summed E-state index contributed by atoms with van der Waals surface area (Å²) in [6.45, 7) is 13.2. The van der Waals surface area contributed by atoms with Crippen molar-refractivity contribution in [2.24, 2.45) is 7.05 Å². The molecule has 2 heterocycles. The van der Waals surface area contributed by atoms with Gasteiger partial charge in [-0.3, -0.25) is 9.59 Å². The molecule has 1 atom stereocenters. The summed E-state index contributed by atoms with van der Waals surface area (Å²) < 4.78 is 2.27. The van der Waals surface area contributed by atoms with Gasteiger partial charge in [-0.05, 0) is 61.8 Å². The van der Waals surface area contributed by atoms with Crippen LogP contribution in [0.15, 0.2) is 24.3 Å². The van der Waals surface area contributed by atoms with E-state index < -0.39 is 0 Å². The Morgan fingerprint density at radius 3 is 2.19 bits per heavy atom. The molecule has 1 unspecified atom stereocenters. The van der Waals surface area contributed by atoms with Gasteiger partial charge in [0.1, 0.15) is 0 Å². The molecule has 2 amide bonds. The first-order chi connectivity index (χ1) is 17.9. The maximum Gasteiger partial charge on any atom is 0.253 e. The van der Waals surface area contributed by atoms with Crippen molar-refractivity contribution in [3.63, 3.8) is 0 Å². The van der Waals surface area contributed by atoms with Gasteiger partial charge in [-0.25, -0.2) is 0 Å². The first-order valence-corrected chi connectivity index (χ1v) is 14.7. The minimum absolute atomic E-state index is 0.0475. The Labute approximate surface area is 230 Å². The number of carbonyl (C=O) groups excluding carboxylic acids is 2. The Balaban J connectivity index is 0.000000574. The molecular formula is C31H50ClN3O2. The van der Waals surface area contributed by atoms with Gasteiger partial charge in [-0.1, -0.05) is 84.5 Å². The molecule has 208 valence electrons. The largest absolute Gasteiger partial charge is 0.353 e. The van der Waals surface area contributed by atoms with Crippen LogP contribution in [0.2, 0.25) is 5.02 Å². The van der Waals surface area contributed by atoms with Gasteiger partial charge in [-0.2, -0.15) is 0 Å². The molecule has 0 saturated carbocycles. The van der Waals surface area contributed by atoms with Crippen molar-refractivity contribution in [2.75, 3.05) is 0 Å². The third-order valence-electron chi connectivity index (χ3n) is 6.77. The lowest BCUT2D eigenvalue weighted by atomic mass is 9.98. The number of hydrogen-bond acceptors (Lipinski definition) is 2. The fraction of sp³-hybridized carbons (Fsp3) is 0.613. The first-order valence-electron chi connectivity index (χ1n) is 14.4. The summed E-state index contributed by atoms with van der Waals surface area (Å²) in [7, 11) is 2.11. The molecule has 1 aliphatic heterocycles. The molecule has 0 aliphatic carbocycles. The number of hydrogen-bond donors (Lipinski definition) is 2. The highest BCUT2D eigenvalue weighted by atomic mass is 35.5. The average Bonchev–Trinajstić information content (AvgIpc) is 3.46. The predicted molar refractivity (Wildman–Crippen MR) is 157 cm³/mol. The third kappa shape index (κ3) is 10.2. The van der Waals surface area contributed by atoms with Crippen LogP contribution in [0, 0.1) is 0 Å². The monoisotopic (exact) mass is 531 g/mol. The molecule has 0 spiro atoms. The number of halogens is 1. The van der Waals surface area contributed by atoms with E-state index in [1.165, 1.54) is 24.1 Å². The van der Waals surface area contributed by atoms with Crippen LogP contribution < -0.4 is 10.6 Å². The van der Waals surface area contributed by atoms with Gasteiger partial charge in [-0.15, -0.1) is 0 Å². The van der Waals surface area contributed by atoms with Crippen LogP contribution >= 0.6 is 11.6 Å². The quantitative estimate of drug-likeness (QED) is 0.294. The SMILES string of the molecule is CC.CCC1CCC(=O)N1.CCCCCc1c(C(=O)NCc2ccc(Cl)cc2)c(CC)n(C)c1CCC. The van der Waals surface area contributed by atoms with Crippen LogP contribution in [-0.2, 0) is 37.6 Å². The van der Waals surface area contributed by atoms with Gasteiger partial charge in [0.05, 0.1) is 5.56 Å². The van der Waals surface area contributed by atoms with Crippen molar-refractivity contribution in [2.45, 2.75) is 118 Å². The zero-order valence-electron chi connectivity index (χ0n) is 24.3. The Kier molecular flexibility index (Phi) is 16.0. The summed E-state index contributed by atoms with van der Waals surface area (Å²) in [5, 5.41) is 6.70. The smallest absolute Gasteiger partial charge is 0.253 e. The van der Waals surface area contributed by atoms with Crippen molar-refractivity contribution >= 4 is 23.4 Å². The van der Waals surface area contributed by atoms with Gasteiger partial charge >= 0.3 is 0 Å². The highest BCUT2D eigenvalue weighted by Gasteiger charge is 2.24. The van der Waals surface area contributed by atoms with Crippen molar-refractivity contribution in [1.29, 1.82) is 0 Å². The van der Waals surface area contributed by atoms with Crippen molar-refractivity contribution < 1.29 is 9.59 Å². The summed E-state index contributed by atoms with van der Waals surface area (Å²) in [6, 6.07) is 8.11. The average molecular weight is 532 g/mol. The molecule has 2 aromatic rings. The van der Waals surface area contributed by atoms with Crippen molar-refractivity contribution in [3.05, 3.63) is 57.4 Å². The molecule has 37 heavy (non-hydrogen) atoms. The number of unbranched alkanes of at least 4 members (excludes halogenated alkanes) is 2.